The second-order valence-corrected chi connectivity index (χ2v) is 13.2. The zero-order chi connectivity index (χ0) is 29.4. The van der Waals surface area contributed by atoms with Crippen LogP contribution in [0.4, 0.5) is 0 Å². The highest BCUT2D eigenvalue weighted by molar-refractivity contribution is 7.89. The highest BCUT2D eigenvalue weighted by Crippen LogP contribution is 2.23. The zero-order valence-corrected chi connectivity index (χ0v) is 25.2. The van der Waals surface area contributed by atoms with Gasteiger partial charge in [0.1, 0.15) is 6.04 Å². The van der Waals surface area contributed by atoms with Crippen molar-refractivity contribution in [3.8, 4) is 0 Å². The van der Waals surface area contributed by atoms with E-state index in [1.54, 1.807) is 24.3 Å². The van der Waals surface area contributed by atoms with Gasteiger partial charge in [-0.15, -0.1) is 0 Å². The Hall–Kier alpha value is -3.20. The van der Waals surface area contributed by atoms with E-state index < -0.39 is 28.5 Å². The largest absolute Gasteiger partial charge is 0.352 e. The third-order valence-corrected chi connectivity index (χ3v) is 9.79. The van der Waals surface area contributed by atoms with Gasteiger partial charge in [-0.1, -0.05) is 97.1 Å². The number of benzene rings is 3. The van der Waals surface area contributed by atoms with Crippen LogP contribution in [0.1, 0.15) is 48.8 Å². The molecule has 1 fully saturated rings. The van der Waals surface area contributed by atoms with Crippen LogP contribution in [0.2, 0.25) is 5.02 Å². The van der Waals surface area contributed by atoms with Crippen LogP contribution < -0.4 is 5.32 Å². The Morgan fingerprint density at radius 2 is 1.56 bits per heavy atom. The first-order valence-corrected chi connectivity index (χ1v) is 15.9. The molecule has 7 nitrogen and oxygen atoms in total. The molecule has 2 amide bonds. The number of hydrogen-bond acceptors (Lipinski definition) is 4. The van der Waals surface area contributed by atoms with Crippen molar-refractivity contribution in [2.45, 2.75) is 69.0 Å². The minimum Gasteiger partial charge on any atom is -0.352 e. The van der Waals surface area contributed by atoms with E-state index in [0.717, 1.165) is 47.5 Å². The number of rotatable bonds is 11. The van der Waals surface area contributed by atoms with Crippen molar-refractivity contribution in [3.05, 3.63) is 101 Å². The van der Waals surface area contributed by atoms with E-state index in [4.69, 9.17) is 11.6 Å². The molecule has 1 atom stereocenters. The van der Waals surface area contributed by atoms with Crippen LogP contribution in [-0.2, 0) is 32.6 Å². The third-order valence-electron chi connectivity index (χ3n) is 7.61. The predicted octanol–water partition coefficient (Wildman–Crippen LogP) is 5.36. The summed E-state index contributed by atoms with van der Waals surface area (Å²) >= 11 is 6.50. The van der Waals surface area contributed by atoms with E-state index in [9.17, 15) is 18.0 Å². The molecule has 41 heavy (non-hydrogen) atoms. The van der Waals surface area contributed by atoms with Gasteiger partial charge in [-0.3, -0.25) is 9.59 Å². The van der Waals surface area contributed by atoms with Crippen LogP contribution in [0.25, 0.3) is 0 Å². The number of carbonyl (C=O) groups excluding carboxylic acids is 2. The molecule has 0 heterocycles. The van der Waals surface area contributed by atoms with Gasteiger partial charge in [-0.2, -0.15) is 4.31 Å². The van der Waals surface area contributed by atoms with Crippen molar-refractivity contribution in [1.82, 2.24) is 14.5 Å². The highest BCUT2D eigenvalue weighted by atomic mass is 35.5. The first-order valence-electron chi connectivity index (χ1n) is 14.1. The molecule has 1 aliphatic carbocycles. The molecule has 0 aliphatic heterocycles. The van der Waals surface area contributed by atoms with Crippen molar-refractivity contribution in [2.75, 3.05) is 13.6 Å². The van der Waals surface area contributed by atoms with Gasteiger partial charge in [0.15, 0.2) is 0 Å². The molecule has 3 aromatic rings. The molecule has 0 unspecified atom stereocenters. The number of amides is 2. The van der Waals surface area contributed by atoms with E-state index in [1.807, 2.05) is 49.4 Å². The number of sulfonamides is 1. The number of likely N-dealkylation sites (N-methyl/N-ethyl adjacent to an activating group) is 1. The molecule has 3 aromatic carbocycles. The lowest BCUT2D eigenvalue weighted by molar-refractivity contribution is -0.141. The fourth-order valence-electron chi connectivity index (χ4n) is 5.16. The maximum Gasteiger partial charge on any atom is 0.243 e. The van der Waals surface area contributed by atoms with Gasteiger partial charge in [0.25, 0.3) is 0 Å². The zero-order valence-electron chi connectivity index (χ0n) is 23.6. The number of carbonyl (C=O) groups is 2. The monoisotopic (exact) mass is 595 g/mol. The summed E-state index contributed by atoms with van der Waals surface area (Å²) in [5, 5.41) is 3.66. The Morgan fingerprint density at radius 1 is 0.927 bits per heavy atom. The molecule has 1 N–H and O–H groups in total. The highest BCUT2D eigenvalue weighted by Gasteiger charge is 2.34. The van der Waals surface area contributed by atoms with Crippen LogP contribution in [0.3, 0.4) is 0 Å². The van der Waals surface area contributed by atoms with E-state index in [-0.39, 0.29) is 29.8 Å². The molecular formula is C32H38ClN3O4S. The Balaban J connectivity index is 1.66. The summed E-state index contributed by atoms with van der Waals surface area (Å²) in [7, 11) is -2.55. The van der Waals surface area contributed by atoms with Gasteiger partial charge in [0.2, 0.25) is 21.8 Å². The number of halogens is 1. The van der Waals surface area contributed by atoms with Gasteiger partial charge in [-0.25, -0.2) is 8.42 Å². The van der Waals surface area contributed by atoms with Crippen molar-refractivity contribution in [1.29, 1.82) is 0 Å². The molecule has 0 saturated heterocycles. The van der Waals surface area contributed by atoms with Crippen molar-refractivity contribution in [2.24, 2.45) is 0 Å². The topological polar surface area (TPSA) is 86.8 Å². The third kappa shape index (κ3) is 8.18. The molecule has 9 heteroatoms. The fraction of sp³-hybridized carbons (Fsp3) is 0.375. The molecule has 0 spiro atoms. The summed E-state index contributed by atoms with van der Waals surface area (Å²) in [6.07, 6.45) is 5.35. The van der Waals surface area contributed by atoms with Crippen LogP contribution in [0.5, 0.6) is 0 Å². The van der Waals surface area contributed by atoms with Crippen LogP contribution in [-0.4, -0.2) is 55.1 Å². The molecule has 0 bridgehead atoms. The molecular weight excluding hydrogens is 558 g/mol. The normalized spacial score (nSPS) is 14.9. The van der Waals surface area contributed by atoms with E-state index in [0.29, 0.717) is 10.6 Å². The summed E-state index contributed by atoms with van der Waals surface area (Å²) in [6, 6.07) is 22.4. The second kappa shape index (κ2) is 14.1. The maximum atomic E-state index is 14.0. The average Bonchev–Trinajstić information content (AvgIpc) is 2.97. The van der Waals surface area contributed by atoms with Crippen molar-refractivity contribution < 1.29 is 18.0 Å². The summed E-state index contributed by atoms with van der Waals surface area (Å²) in [5.41, 5.74) is 2.50. The van der Waals surface area contributed by atoms with E-state index in [2.05, 4.69) is 5.32 Å². The molecule has 4 rings (SSSR count). The Labute approximate surface area is 248 Å². The first kappa shape index (κ1) is 30.8. The number of nitrogens with zero attached hydrogens (tertiary/aromatic N) is 2. The first-order chi connectivity index (χ1) is 19.6. The number of aryl methyl sites for hydroxylation is 1. The molecule has 0 radical (unpaired) electrons. The van der Waals surface area contributed by atoms with E-state index in [1.165, 1.54) is 24.1 Å². The Kier molecular flexibility index (Phi) is 10.6. The lowest BCUT2D eigenvalue weighted by atomic mass is 9.94. The summed E-state index contributed by atoms with van der Waals surface area (Å²) in [6.45, 7) is 1.51. The molecule has 1 saturated carbocycles. The predicted molar refractivity (Wildman–Crippen MR) is 162 cm³/mol. The Bertz CT molecular complexity index is 1420. The second-order valence-electron chi connectivity index (χ2n) is 10.7. The number of nitrogens with one attached hydrogen (secondary N) is 1. The summed E-state index contributed by atoms with van der Waals surface area (Å²) in [4.78, 5) is 29.5. The van der Waals surface area contributed by atoms with Crippen molar-refractivity contribution in [3.63, 3.8) is 0 Å². The molecule has 0 aromatic heterocycles. The van der Waals surface area contributed by atoms with Gasteiger partial charge in [0.05, 0.1) is 11.4 Å². The van der Waals surface area contributed by atoms with Crippen LogP contribution in [0, 0.1) is 6.92 Å². The van der Waals surface area contributed by atoms with Gasteiger partial charge < -0.3 is 10.2 Å². The smallest absolute Gasteiger partial charge is 0.243 e. The lowest BCUT2D eigenvalue weighted by Crippen LogP contribution is -2.54. The molecule has 218 valence electrons. The van der Waals surface area contributed by atoms with Gasteiger partial charge in [0, 0.05) is 31.1 Å². The fourth-order valence-corrected chi connectivity index (χ4v) is 6.48. The minimum atomic E-state index is -3.93. The summed E-state index contributed by atoms with van der Waals surface area (Å²) in [5.74, 6) is -0.729. The van der Waals surface area contributed by atoms with Gasteiger partial charge in [-0.05, 0) is 49.1 Å². The van der Waals surface area contributed by atoms with Crippen molar-refractivity contribution >= 4 is 33.4 Å². The Morgan fingerprint density at radius 3 is 2.22 bits per heavy atom. The number of hydrogen-bond donors (Lipinski definition) is 1. The maximum absolute atomic E-state index is 14.0. The SMILES string of the molecule is Cc1ccc(S(=O)(=O)N(C)CC(=O)N(Cc2ccccc2Cl)[C@H](Cc2ccccc2)C(=O)NC2CCCCC2)cc1. The standard InChI is InChI=1S/C32H38ClN3O4S/c1-24-17-19-28(20-18-24)41(39,40)35(2)23-31(37)36(22-26-13-9-10-16-29(26)33)30(21-25-11-5-3-6-12-25)32(38)34-27-14-7-4-8-15-27/h3,5-6,9-13,16-20,27,30H,4,7-8,14-15,21-23H2,1-2H3,(H,34,38)/t30-/m1/s1. The summed E-state index contributed by atoms with van der Waals surface area (Å²) < 4.78 is 27.7. The van der Waals surface area contributed by atoms with E-state index >= 15 is 0 Å². The van der Waals surface area contributed by atoms with Crippen LogP contribution >= 0.6 is 11.6 Å². The lowest BCUT2D eigenvalue weighted by Gasteiger charge is -2.34. The van der Waals surface area contributed by atoms with Gasteiger partial charge >= 0.3 is 0 Å². The van der Waals surface area contributed by atoms with Crippen LogP contribution in [0.15, 0.2) is 83.8 Å². The average molecular weight is 596 g/mol. The molecule has 1 aliphatic rings. The quantitative estimate of drug-likeness (QED) is 0.323. The minimum absolute atomic E-state index is 0.0522.